The van der Waals surface area contributed by atoms with Crippen molar-refractivity contribution in [2.75, 3.05) is 6.54 Å². The van der Waals surface area contributed by atoms with E-state index in [4.69, 9.17) is 0 Å². The maximum Gasteiger partial charge on any atom is 0.159 e. The maximum atomic E-state index is 11.4. The van der Waals surface area contributed by atoms with E-state index in [1.807, 2.05) is 0 Å². The third-order valence-corrected chi connectivity index (χ3v) is 3.48. The molecule has 1 unspecified atom stereocenters. The van der Waals surface area contributed by atoms with Crippen LogP contribution in [0.5, 0.6) is 5.75 Å². The highest BCUT2D eigenvalue weighted by atomic mass is 16.3. The van der Waals surface area contributed by atoms with Gasteiger partial charge in [-0.2, -0.15) is 0 Å². The van der Waals surface area contributed by atoms with E-state index in [2.05, 4.69) is 25.7 Å². The Kier molecular flexibility index (Phi) is 5.35. The van der Waals surface area contributed by atoms with E-state index in [-0.39, 0.29) is 11.5 Å². The summed E-state index contributed by atoms with van der Waals surface area (Å²) < 4.78 is 0. The summed E-state index contributed by atoms with van der Waals surface area (Å²) in [5.41, 5.74) is 1.48. The Morgan fingerprint density at radius 3 is 2.56 bits per heavy atom. The third kappa shape index (κ3) is 3.57. The molecule has 0 aliphatic rings. The van der Waals surface area contributed by atoms with Crippen LogP contribution in [-0.2, 0) is 6.54 Å². The molecular formula is C15H23NO2. The fraction of sp³-hybridized carbons (Fsp3) is 0.533. The average molecular weight is 249 g/mol. The van der Waals surface area contributed by atoms with Crippen LogP contribution in [0.3, 0.4) is 0 Å². The van der Waals surface area contributed by atoms with E-state index < -0.39 is 0 Å². The Hall–Kier alpha value is -1.35. The van der Waals surface area contributed by atoms with Gasteiger partial charge in [0, 0.05) is 23.7 Å². The zero-order chi connectivity index (χ0) is 13.7. The number of phenols is 1. The summed E-state index contributed by atoms with van der Waals surface area (Å²) in [6.07, 6.45) is 1.07. The lowest BCUT2D eigenvalue weighted by molar-refractivity contribution is 0.101. The molecule has 1 rings (SSSR count). The highest BCUT2D eigenvalue weighted by Gasteiger charge is 2.13. The topological polar surface area (TPSA) is 40.5 Å². The number of ketones is 1. The minimum Gasteiger partial charge on any atom is -0.508 e. The SMILES string of the molecule is CCC(C)N(CC)Cc1cc(C(C)=O)ccc1O. The van der Waals surface area contributed by atoms with Gasteiger partial charge in [-0.3, -0.25) is 9.69 Å². The molecule has 0 heterocycles. The van der Waals surface area contributed by atoms with Gasteiger partial charge in [0.2, 0.25) is 0 Å². The van der Waals surface area contributed by atoms with E-state index in [0.29, 0.717) is 18.2 Å². The molecule has 1 aromatic carbocycles. The highest BCUT2D eigenvalue weighted by molar-refractivity contribution is 5.94. The van der Waals surface area contributed by atoms with Crippen LogP contribution in [0.1, 0.15) is 50.0 Å². The number of nitrogens with zero attached hydrogens (tertiary/aromatic N) is 1. The molecule has 1 atom stereocenters. The summed E-state index contributed by atoms with van der Waals surface area (Å²) >= 11 is 0. The number of rotatable bonds is 6. The van der Waals surface area contributed by atoms with Crippen molar-refractivity contribution in [3.05, 3.63) is 29.3 Å². The van der Waals surface area contributed by atoms with E-state index in [0.717, 1.165) is 18.5 Å². The highest BCUT2D eigenvalue weighted by Crippen LogP contribution is 2.22. The number of hydrogen-bond acceptors (Lipinski definition) is 3. The van der Waals surface area contributed by atoms with Crippen molar-refractivity contribution in [1.82, 2.24) is 4.90 Å². The van der Waals surface area contributed by atoms with Gasteiger partial charge in [0.1, 0.15) is 5.75 Å². The standard InChI is InChI=1S/C15H23NO2/c1-5-11(3)16(6-2)10-14-9-13(12(4)17)7-8-15(14)18/h7-9,11,18H,5-6,10H2,1-4H3. The van der Waals surface area contributed by atoms with Crippen molar-refractivity contribution in [3.63, 3.8) is 0 Å². The fourth-order valence-corrected chi connectivity index (χ4v) is 1.99. The number of Topliss-reactive ketones (excluding diaryl/α,β-unsaturated/α-hetero) is 1. The minimum atomic E-state index is 0.0304. The molecule has 0 fully saturated rings. The number of hydrogen-bond donors (Lipinski definition) is 1. The zero-order valence-electron chi connectivity index (χ0n) is 11.7. The Labute approximate surface area is 109 Å². The predicted molar refractivity (Wildman–Crippen MR) is 73.9 cm³/mol. The van der Waals surface area contributed by atoms with Crippen LogP contribution in [0, 0.1) is 0 Å². The second-order valence-electron chi connectivity index (χ2n) is 4.72. The number of carbonyl (C=O) groups is 1. The smallest absolute Gasteiger partial charge is 0.159 e. The maximum absolute atomic E-state index is 11.4. The molecule has 0 saturated heterocycles. The van der Waals surface area contributed by atoms with Crippen LogP contribution in [0.25, 0.3) is 0 Å². The van der Waals surface area contributed by atoms with Gasteiger partial charge >= 0.3 is 0 Å². The lowest BCUT2D eigenvalue weighted by Crippen LogP contribution is -2.31. The molecule has 0 saturated carbocycles. The Balaban J connectivity index is 2.94. The van der Waals surface area contributed by atoms with E-state index in [1.54, 1.807) is 25.1 Å². The molecule has 1 aromatic rings. The first-order valence-electron chi connectivity index (χ1n) is 6.56. The monoisotopic (exact) mass is 249 g/mol. The molecular weight excluding hydrogens is 226 g/mol. The molecule has 0 bridgehead atoms. The van der Waals surface area contributed by atoms with Crippen molar-refractivity contribution in [2.45, 2.75) is 46.7 Å². The molecule has 1 N–H and O–H groups in total. The number of aromatic hydroxyl groups is 1. The molecule has 100 valence electrons. The van der Waals surface area contributed by atoms with Gasteiger partial charge in [-0.15, -0.1) is 0 Å². The lowest BCUT2D eigenvalue weighted by Gasteiger charge is -2.27. The summed E-state index contributed by atoms with van der Waals surface area (Å²) in [6.45, 7) is 9.59. The summed E-state index contributed by atoms with van der Waals surface area (Å²) in [5, 5.41) is 9.88. The zero-order valence-corrected chi connectivity index (χ0v) is 11.7. The minimum absolute atomic E-state index is 0.0304. The first-order chi connectivity index (χ1) is 8.49. The summed E-state index contributed by atoms with van der Waals surface area (Å²) in [4.78, 5) is 13.6. The second kappa shape index (κ2) is 6.55. The Morgan fingerprint density at radius 2 is 2.06 bits per heavy atom. The quantitative estimate of drug-likeness (QED) is 0.787. The molecule has 0 spiro atoms. The van der Waals surface area contributed by atoms with Crippen LogP contribution in [0.4, 0.5) is 0 Å². The van der Waals surface area contributed by atoms with E-state index >= 15 is 0 Å². The van der Waals surface area contributed by atoms with Crippen molar-refractivity contribution in [1.29, 1.82) is 0 Å². The number of carbonyl (C=O) groups excluding carboxylic acids is 1. The largest absolute Gasteiger partial charge is 0.508 e. The fourth-order valence-electron chi connectivity index (χ4n) is 1.99. The van der Waals surface area contributed by atoms with Crippen molar-refractivity contribution in [2.24, 2.45) is 0 Å². The van der Waals surface area contributed by atoms with Crippen LogP contribution in [0.2, 0.25) is 0 Å². The van der Waals surface area contributed by atoms with Gasteiger partial charge in [-0.1, -0.05) is 13.8 Å². The molecule has 0 amide bonds. The van der Waals surface area contributed by atoms with Crippen molar-refractivity contribution >= 4 is 5.78 Å². The molecule has 3 heteroatoms. The van der Waals surface area contributed by atoms with E-state index in [9.17, 15) is 9.90 Å². The van der Waals surface area contributed by atoms with E-state index in [1.165, 1.54) is 0 Å². The summed E-state index contributed by atoms with van der Waals surface area (Å²) in [5.74, 6) is 0.296. The molecule has 0 radical (unpaired) electrons. The van der Waals surface area contributed by atoms with Crippen LogP contribution in [0.15, 0.2) is 18.2 Å². The molecule has 0 aliphatic heterocycles. The van der Waals surface area contributed by atoms with Gasteiger partial charge in [0.15, 0.2) is 5.78 Å². The van der Waals surface area contributed by atoms with Gasteiger partial charge in [0.25, 0.3) is 0 Å². The molecule has 0 aromatic heterocycles. The molecule has 18 heavy (non-hydrogen) atoms. The summed E-state index contributed by atoms with van der Waals surface area (Å²) in [7, 11) is 0. The van der Waals surface area contributed by atoms with Crippen molar-refractivity contribution < 1.29 is 9.90 Å². The van der Waals surface area contributed by atoms with Crippen LogP contribution < -0.4 is 0 Å². The van der Waals surface area contributed by atoms with Crippen molar-refractivity contribution in [3.8, 4) is 5.75 Å². The molecule has 3 nitrogen and oxygen atoms in total. The first-order valence-corrected chi connectivity index (χ1v) is 6.56. The Bertz CT molecular complexity index is 415. The van der Waals surface area contributed by atoms with Gasteiger partial charge < -0.3 is 5.11 Å². The second-order valence-corrected chi connectivity index (χ2v) is 4.72. The first kappa shape index (κ1) is 14.7. The Morgan fingerprint density at radius 1 is 1.39 bits per heavy atom. The normalized spacial score (nSPS) is 12.7. The average Bonchev–Trinajstić information content (AvgIpc) is 2.36. The predicted octanol–water partition coefficient (Wildman–Crippen LogP) is 3.22. The molecule has 0 aliphatic carbocycles. The van der Waals surface area contributed by atoms with Gasteiger partial charge in [0.05, 0.1) is 0 Å². The van der Waals surface area contributed by atoms with Crippen LogP contribution >= 0.6 is 0 Å². The number of phenolic OH excluding ortho intramolecular Hbond substituents is 1. The number of benzene rings is 1. The third-order valence-electron chi connectivity index (χ3n) is 3.48. The summed E-state index contributed by atoms with van der Waals surface area (Å²) in [6, 6.07) is 5.54. The lowest BCUT2D eigenvalue weighted by atomic mass is 10.1. The van der Waals surface area contributed by atoms with Gasteiger partial charge in [-0.05, 0) is 45.0 Å². The van der Waals surface area contributed by atoms with Crippen LogP contribution in [-0.4, -0.2) is 28.4 Å². The van der Waals surface area contributed by atoms with Gasteiger partial charge in [-0.25, -0.2) is 0 Å².